The van der Waals surface area contributed by atoms with E-state index < -0.39 is 11.8 Å². The van der Waals surface area contributed by atoms with E-state index in [1.807, 2.05) is 6.07 Å². The van der Waals surface area contributed by atoms with E-state index in [0.29, 0.717) is 16.9 Å². The number of nitrogens with one attached hydrogen (secondary N) is 2. The molecule has 0 saturated carbocycles. The van der Waals surface area contributed by atoms with Crippen LogP contribution in [0.5, 0.6) is 0 Å². The molecule has 1 aromatic carbocycles. The molecule has 0 spiro atoms. The Hall–Kier alpha value is -3.20. The lowest BCUT2D eigenvalue weighted by Crippen LogP contribution is -2.29. The number of aromatic nitrogens is 1. The Balaban J connectivity index is 1.97. The molecule has 0 aliphatic carbocycles. The van der Waals surface area contributed by atoms with Gasteiger partial charge in [-0.3, -0.25) is 14.6 Å². The lowest BCUT2D eigenvalue weighted by molar-refractivity contribution is -0.133. The maximum atomic E-state index is 11.7. The third-order valence-corrected chi connectivity index (χ3v) is 2.40. The third-order valence-electron chi connectivity index (χ3n) is 2.40. The van der Waals surface area contributed by atoms with E-state index in [2.05, 4.69) is 15.6 Å². The van der Waals surface area contributed by atoms with Crippen LogP contribution in [-0.4, -0.2) is 16.8 Å². The van der Waals surface area contributed by atoms with Gasteiger partial charge in [0.1, 0.15) is 0 Å². The number of hydrogen-bond acceptors (Lipinski definition) is 4. The van der Waals surface area contributed by atoms with Gasteiger partial charge in [-0.1, -0.05) is 0 Å². The van der Waals surface area contributed by atoms with Gasteiger partial charge in [0.05, 0.1) is 23.5 Å². The first-order chi connectivity index (χ1) is 9.69. The average Bonchev–Trinajstić information content (AvgIpc) is 2.49. The minimum absolute atomic E-state index is 0.437. The van der Waals surface area contributed by atoms with Gasteiger partial charge in [0.25, 0.3) is 0 Å². The summed E-state index contributed by atoms with van der Waals surface area (Å²) >= 11 is 0. The summed E-state index contributed by atoms with van der Waals surface area (Å²) in [5.74, 6) is -1.58. The Bertz CT molecular complexity index is 660. The molecule has 0 aliphatic rings. The number of hydrogen-bond donors (Lipinski definition) is 2. The first kappa shape index (κ1) is 13.2. The van der Waals surface area contributed by atoms with Crippen LogP contribution >= 0.6 is 0 Å². The normalized spacial score (nSPS) is 9.35. The predicted octanol–water partition coefficient (Wildman–Crippen LogP) is 1.53. The highest BCUT2D eigenvalue weighted by molar-refractivity contribution is 6.43. The van der Waals surface area contributed by atoms with Gasteiger partial charge in [-0.2, -0.15) is 5.26 Å². The Kier molecular flexibility index (Phi) is 4.04. The van der Waals surface area contributed by atoms with E-state index >= 15 is 0 Å². The van der Waals surface area contributed by atoms with Crippen LogP contribution in [0, 0.1) is 11.3 Å². The molecule has 2 amide bonds. The van der Waals surface area contributed by atoms with Gasteiger partial charge in [0.15, 0.2) is 0 Å². The lowest BCUT2D eigenvalue weighted by atomic mass is 10.2. The molecule has 0 unspecified atom stereocenters. The number of benzene rings is 1. The van der Waals surface area contributed by atoms with Crippen molar-refractivity contribution in [2.75, 3.05) is 10.6 Å². The molecule has 0 aliphatic heterocycles. The van der Waals surface area contributed by atoms with Gasteiger partial charge >= 0.3 is 11.8 Å². The molecule has 6 heteroatoms. The SMILES string of the molecule is N#Cc1ccc(NC(=O)C(=O)Nc2cccnc2)cc1. The Labute approximate surface area is 115 Å². The van der Waals surface area contributed by atoms with Crippen molar-refractivity contribution in [3.05, 3.63) is 54.4 Å². The molecule has 0 atom stereocenters. The Morgan fingerprint density at radius 1 is 1.00 bits per heavy atom. The smallest absolute Gasteiger partial charge is 0.314 e. The van der Waals surface area contributed by atoms with Crippen molar-refractivity contribution in [1.82, 2.24) is 4.98 Å². The van der Waals surface area contributed by atoms with E-state index in [9.17, 15) is 9.59 Å². The predicted molar refractivity (Wildman–Crippen MR) is 72.7 cm³/mol. The van der Waals surface area contributed by atoms with E-state index in [4.69, 9.17) is 5.26 Å². The molecule has 0 radical (unpaired) electrons. The summed E-state index contributed by atoms with van der Waals surface area (Å²) in [4.78, 5) is 27.1. The van der Waals surface area contributed by atoms with Crippen LogP contribution < -0.4 is 10.6 Å². The van der Waals surface area contributed by atoms with E-state index in [1.54, 1.807) is 42.6 Å². The Morgan fingerprint density at radius 3 is 2.20 bits per heavy atom. The molecule has 0 fully saturated rings. The molecule has 20 heavy (non-hydrogen) atoms. The molecule has 0 bridgehead atoms. The van der Waals surface area contributed by atoms with Gasteiger partial charge in [-0.25, -0.2) is 0 Å². The van der Waals surface area contributed by atoms with Gasteiger partial charge in [-0.15, -0.1) is 0 Å². The zero-order valence-electron chi connectivity index (χ0n) is 10.3. The number of nitriles is 1. The molecular formula is C14H10N4O2. The lowest BCUT2D eigenvalue weighted by Gasteiger charge is -2.06. The van der Waals surface area contributed by atoms with Crippen molar-refractivity contribution in [1.29, 1.82) is 5.26 Å². The molecule has 0 saturated heterocycles. The van der Waals surface area contributed by atoms with Gasteiger partial charge in [0.2, 0.25) is 0 Å². The van der Waals surface area contributed by atoms with Crippen molar-refractivity contribution in [2.24, 2.45) is 0 Å². The molecule has 2 N–H and O–H groups in total. The number of carbonyl (C=O) groups is 2. The zero-order chi connectivity index (χ0) is 14.4. The summed E-state index contributed by atoms with van der Waals surface area (Å²) in [6, 6.07) is 11.4. The third kappa shape index (κ3) is 3.40. The van der Waals surface area contributed by atoms with Crippen LogP contribution in [0.3, 0.4) is 0 Å². The molecular weight excluding hydrogens is 256 g/mol. The van der Waals surface area contributed by atoms with Crippen LogP contribution in [0.1, 0.15) is 5.56 Å². The minimum Gasteiger partial charge on any atom is -0.318 e. The maximum absolute atomic E-state index is 11.7. The van der Waals surface area contributed by atoms with E-state index in [1.165, 1.54) is 6.20 Å². The zero-order valence-corrected chi connectivity index (χ0v) is 10.3. The molecule has 2 rings (SSSR count). The highest BCUT2D eigenvalue weighted by Gasteiger charge is 2.13. The van der Waals surface area contributed by atoms with Gasteiger partial charge < -0.3 is 10.6 Å². The quantitative estimate of drug-likeness (QED) is 0.806. The second-order valence-electron chi connectivity index (χ2n) is 3.84. The molecule has 1 heterocycles. The summed E-state index contributed by atoms with van der Waals surface area (Å²) in [6.45, 7) is 0. The van der Waals surface area contributed by atoms with Crippen LogP contribution in [0.4, 0.5) is 11.4 Å². The first-order valence-electron chi connectivity index (χ1n) is 5.71. The van der Waals surface area contributed by atoms with Gasteiger partial charge in [-0.05, 0) is 36.4 Å². The number of nitrogens with zero attached hydrogens (tertiary/aromatic N) is 2. The highest BCUT2D eigenvalue weighted by Crippen LogP contribution is 2.09. The second-order valence-corrected chi connectivity index (χ2v) is 3.84. The van der Waals surface area contributed by atoms with Crippen molar-refractivity contribution < 1.29 is 9.59 Å². The maximum Gasteiger partial charge on any atom is 0.314 e. The number of pyridine rings is 1. The average molecular weight is 266 g/mol. The fourth-order valence-electron chi connectivity index (χ4n) is 1.44. The molecule has 98 valence electrons. The minimum atomic E-state index is -0.793. The van der Waals surface area contributed by atoms with Crippen molar-refractivity contribution in [3.8, 4) is 6.07 Å². The van der Waals surface area contributed by atoms with E-state index in [-0.39, 0.29) is 0 Å². The summed E-state index contributed by atoms with van der Waals surface area (Å²) in [5.41, 5.74) is 1.35. The molecule has 6 nitrogen and oxygen atoms in total. The fraction of sp³-hybridized carbons (Fsp3) is 0. The second kappa shape index (κ2) is 6.11. The largest absolute Gasteiger partial charge is 0.318 e. The van der Waals surface area contributed by atoms with Crippen LogP contribution in [0.2, 0.25) is 0 Å². The number of anilines is 2. The number of amides is 2. The topological polar surface area (TPSA) is 94.9 Å². The molecule has 2 aromatic rings. The summed E-state index contributed by atoms with van der Waals surface area (Å²) in [7, 11) is 0. The summed E-state index contributed by atoms with van der Waals surface area (Å²) in [5, 5.41) is 13.5. The van der Waals surface area contributed by atoms with E-state index in [0.717, 1.165) is 0 Å². The number of carbonyl (C=O) groups excluding carboxylic acids is 2. The van der Waals surface area contributed by atoms with Crippen LogP contribution in [-0.2, 0) is 9.59 Å². The Morgan fingerprint density at radius 2 is 1.65 bits per heavy atom. The first-order valence-corrected chi connectivity index (χ1v) is 5.71. The summed E-state index contributed by atoms with van der Waals surface area (Å²) in [6.07, 6.45) is 3.00. The summed E-state index contributed by atoms with van der Waals surface area (Å²) < 4.78 is 0. The van der Waals surface area contributed by atoms with Crippen LogP contribution in [0.15, 0.2) is 48.8 Å². The standard InChI is InChI=1S/C14H10N4O2/c15-8-10-3-5-11(6-4-10)17-13(19)14(20)18-12-2-1-7-16-9-12/h1-7,9H,(H,17,19)(H,18,20). The number of rotatable bonds is 2. The monoisotopic (exact) mass is 266 g/mol. The fourth-order valence-corrected chi connectivity index (χ4v) is 1.44. The highest BCUT2D eigenvalue weighted by atomic mass is 16.2. The van der Waals surface area contributed by atoms with Gasteiger partial charge in [0, 0.05) is 11.9 Å². The molecule has 1 aromatic heterocycles. The van der Waals surface area contributed by atoms with Crippen molar-refractivity contribution >= 4 is 23.2 Å². The van der Waals surface area contributed by atoms with Crippen LogP contribution in [0.25, 0.3) is 0 Å². The van der Waals surface area contributed by atoms with Crippen molar-refractivity contribution in [3.63, 3.8) is 0 Å². The van der Waals surface area contributed by atoms with Crippen molar-refractivity contribution in [2.45, 2.75) is 0 Å².